The molecule has 102 valence electrons. The molecule has 0 bridgehead atoms. The van der Waals surface area contributed by atoms with E-state index in [0.717, 1.165) is 27.0 Å². The Morgan fingerprint density at radius 1 is 1.16 bits per heavy atom. The first-order valence-electron chi connectivity index (χ1n) is 6.93. The highest BCUT2D eigenvalue weighted by Crippen LogP contribution is 2.37. The predicted molar refractivity (Wildman–Crippen MR) is 83.2 cm³/mol. The molecule has 1 heterocycles. The number of benzene rings is 1. The third-order valence-electron chi connectivity index (χ3n) is 4.43. The molecule has 2 fully saturated rings. The number of rotatable bonds is 1. The molecule has 0 radical (unpaired) electrons. The van der Waals surface area contributed by atoms with Crippen LogP contribution in [0.2, 0.25) is 0 Å². The minimum atomic E-state index is 0.189. The quantitative estimate of drug-likeness (QED) is 0.689. The van der Waals surface area contributed by atoms with Crippen LogP contribution in [0.5, 0.6) is 0 Å². The second kappa shape index (κ2) is 5.57. The minimum Gasteiger partial charge on any atom is -0.335 e. The summed E-state index contributed by atoms with van der Waals surface area (Å²) in [5.74, 6) is 0.931. The second-order valence-electron chi connectivity index (χ2n) is 5.52. The Hall–Kier alpha value is -0.350. The van der Waals surface area contributed by atoms with Gasteiger partial charge in [0.15, 0.2) is 0 Å². The standard InChI is InChI=1S/C15H17Br2NO/c16-11-5-6-12(13(17)9-11)15(19)18-8-7-10-3-1-2-4-14(10)18/h5-6,9-10,14H,1-4,7-8H2. The molecule has 2 unspecified atom stereocenters. The molecule has 1 saturated carbocycles. The smallest absolute Gasteiger partial charge is 0.255 e. The van der Waals surface area contributed by atoms with Crippen molar-refractivity contribution < 1.29 is 4.79 Å². The van der Waals surface area contributed by atoms with Crippen molar-refractivity contribution in [3.05, 3.63) is 32.7 Å². The lowest BCUT2D eigenvalue weighted by atomic mass is 9.85. The monoisotopic (exact) mass is 385 g/mol. The molecule has 0 aromatic heterocycles. The maximum atomic E-state index is 12.7. The maximum absolute atomic E-state index is 12.7. The highest BCUT2D eigenvalue weighted by molar-refractivity contribution is 9.11. The van der Waals surface area contributed by atoms with Crippen LogP contribution in [0.25, 0.3) is 0 Å². The van der Waals surface area contributed by atoms with E-state index < -0.39 is 0 Å². The highest BCUT2D eigenvalue weighted by atomic mass is 79.9. The van der Waals surface area contributed by atoms with Gasteiger partial charge in [-0.15, -0.1) is 0 Å². The average Bonchev–Trinajstić information content (AvgIpc) is 2.82. The Morgan fingerprint density at radius 3 is 2.74 bits per heavy atom. The number of likely N-dealkylation sites (tertiary alicyclic amines) is 1. The first-order valence-corrected chi connectivity index (χ1v) is 8.51. The van der Waals surface area contributed by atoms with Gasteiger partial charge in [-0.3, -0.25) is 4.79 Å². The Labute approximate surface area is 130 Å². The fraction of sp³-hybridized carbons (Fsp3) is 0.533. The molecule has 1 aromatic rings. The molecule has 2 nitrogen and oxygen atoms in total. The average molecular weight is 387 g/mol. The zero-order valence-corrected chi connectivity index (χ0v) is 13.9. The molecule has 1 saturated heterocycles. The lowest BCUT2D eigenvalue weighted by Gasteiger charge is -2.31. The summed E-state index contributed by atoms with van der Waals surface area (Å²) in [6.07, 6.45) is 6.28. The minimum absolute atomic E-state index is 0.189. The second-order valence-corrected chi connectivity index (χ2v) is 7.29. The summed E-state index contributed by atoms with van der Waals surface area (Å²) in [6, 6.07) is 6.28. The van der Waals surface area contributed by atoms with Crippen molar-refractivity contribution in [2.45, 2.75) is 38.1 Å². The highest BCUT2D eigenvalue weighted by Gasteiger charge is 2.38. The number of hydrogen-bond donors (Lipinski definition) is 0. The molecular formula is C15H17Br2NO. The van der Waals surface area contributed by atoms with Gasteiger partial charge in [-0.05, 0) is 59.3 Å². The van der Waals surface area contributed by atoms with Crippen molar-refractivity contribution in [3.8, 4) is 0 Å². The molecular weight excluding hydrogens is 370 g/mol. The van der Waals surface area contributed by atoms with Crippen molar-refractivity contribution >= 4 is 37.8 Å². The van der Waals surface area contributed by atoms with Crippen molar-refractivity contribution in [2.24, 2.45) is 5.92 Å². The van der Waals surface area contributed by atoms with E-state index in [1.807, 2.05) is 18.2 Å². The van der Waals surface area contributed by atoms with E-state index in [2.05, 4.69) is 36.8 Å². The molecule has 2 aliphatic rings. The Morgan fingerprint density at radius 2 is 1.95 bits per heavy atom. The first-order chi connectivity index (χ1) is 9.16. The van der Waals surface area contributed by atoms with Crippen LogP contribution in [0.4, 0.5) is 0 Å². The van der Waals surface area contributed by atoms with Crippen LogP contribution in [0.15, 0.2) is 27.1 Å². The van der Waals surface area contributed by atoms with Crippen LogP contribution in [0.3, 0.4) is 0 Å². The molecule has 1 aliphatic heterocycles. The number of nitrogens with zero attached hydrogens (tertiary/aromatic N) is 1. The number of carbonyl (C=O) groups excluding carboxylic acids is 1. The number of halogens is 2. The predicted octanol–water partition coefficient (Wildman–Crippen LogP) is 4.62. The van der Waals surface area contributed by atoms with Gasteiger partial charge >= 0.3 is 0 Å². The van der Waals surface area contributed by atoms with Gasteiger partial charge in [0.05, 0.1) is 5.56 Å². The van der Waals surface area contributed by atoms with Gasteiger partial charge in [0.25, 0.3) is 5.91 Å². The zero-order chi connectivity index (χ0) is 13.4. The van der Waals surface area contributed by atoms with Gasteiger partial charge in [-0.1, -0.05) is 28.8 Å². The first kappa shape index (κ1) is 13.6. The SMILES string of the molecule is O=C(c1ccc(Br)cc1Br)N1CCC2CCCCC21. The molecule has 4 heteroatoms. The molecule has 19 heavy (non-hydrogen) atoms. The van der Waals surface area contributed by atoms with Crippen molar-refractivity contribution in [1.29, 1.82) is 0 Å². The van der Waals surface area contributed by atoms with E-state index in [0.29, 0.717) is 6.04 Å². The molecule has 1 aliphatic carbocycles. The van der Waals surface area contributed by atoms with E-state index in [1.165, 1.54) is 32.1 Å². The summed E-state index contributed by atoms with van der Waals surface area (Å²) in [4.78, 5) is 14.8. The summed E-state index contributed by atoms with van der Waals surface area (Å²) < 4.78 is 1.87. The number of amides is 1. The van der Waals surface area contributed by atoms with Crippen LogP contribution >= 0.6 is 31.9 Å². The van der Waals surface area contributed by atoms with Gasteiger partial charge in [0, 0.05) is 21.5 Å². The molecule has 2 atom stereocenters. The fourth-order valence-corrected chi connectivity index (χ4v) is 4.69. The molecule has 1 amide bonds. The normalized spacial score (nSPS) is 26.3. The summed E-state index contributed by atoms with van der Waals surface area (Å²) in [5, 5.41) is 0. The van der Waals surface area contributed by atoms with Gasteiger partial charge in [0.1, 0.15) is 0 Å². The van der Waals surface area contributed by atoms with Gasteiger partial charge in [-0.2, -0.15) is 0 Å². The Bertz CT molecular complexity index is 503. The largest absolute Gasteiger partial charge is 0.335 e. The number of hydrogen-bond acceptors (Lipinski definition) is 1. The third-order valence-corrected chi connectivity index (χ3v) is 5.58. The van der Waals surface area contributed by atoms with Gasteiger partial charge < -0.3 is 4.90 Å². The van der Waals surface area contributed by atoms with Crippen molar-refractivity contribution in [2.75, 3.05) is 6.54 Å². The van der Waals surface area contributed by atoms with E-state index >= 15 is 0 Å². The van der Waals surface area contributed by atoms with E-state index in [-0.39, 0.29) is 5.91 Å². The Kier molecular flexibility index (Phi) is 3.99. The molecule has 0 N–H and O–H groups in total. The van der Waals surface area contributed by atoms with Crippen LogP contribution in [-0.2, 0) is 0 Å². The van der Waals surface area contributed by atoms with Crippen LogP contribution < -0.4 is 0 Å². The summed E-state index contributed by atoms with van der Waals surface area (Å²) in [5.41, 5.74) is 0.787. The Balaban J connectivity index is 1.83. The van der Waals surface area contributed by atoms with Gasteiger partial charge in [0.2, 0.25) is 0 Å². The van der Waals surface area contributed by atoms with Gasteiger partial charge in [-0.25, -0.2) is 0 Å². The summed E-state index contributed by atoms with van der Waals surface area (Å²) >= 11 is 6.93. The lowest BCUT2D eigenvalue weighted by molar-refractivity contribution is 0.0689. The van der Waals surface area contributed by atoms with Crippen molar-refractivity contribution in [1.82, 2.24) is 4.90 Å². The topological polar surface area (TPSA) is 20.3 Å². The third kappa shape index (κ3) is 2.62. The van der Waals surface area contributed by atoms with Crippen molar-refractivity contribution in [3.63, 3.8) is 0 Å². The molecule has 3 rings (SSSR count). The van der Waals surface area contributed by atoms with Crippen LogP contribution in [-0.4, -0.2) is 23.4 Å². The number of carbonyl (C=O) groups is 1. The summed E-state index contributed by atoms with van der Waals surface area (Å²) in [6.45, 7) is 0.927. The van der Waals surface area contributed by atoms with E-state index in [9.17, 15) is 4.79 Å². The maximum Gasteiger partial charge on any atom is 0.255 e. The van der Waals surface area contributed by atoms with Crippen LogP contribution in [0.1, 0.15) is 42.5 Å². The van der Waals surface area contributed by atoms with E-state index in [4.69, 9.17) is 0 Å². The fourth-order valence-electron chi connectivity index (χ4n) is 3.48. The summed E-state index contributed by atoms with van der Waals surface area (Å²) in [7, 11) is 0. The molecule has 0 spiro atoms. The number of fused-ring (bicyclic) bond motifs is 1. The lowest BCUT2D eigenvalue weighted by Crippen LogP contribution is -2.39. The molecule has 1 aromatic carbocycles. The van der Waals surface area contributed by atoms with E-state index in [1.54, 1.807) is 0 Å². The van der Waals surface area contributed by atoms with Crippen LogP contribution in [0, 0.1) is 5.92 Å². The zero-order valence-electron chi connectivity index (χ0n) is 10.7.